The number of carbonyl (C=O) groups is 1. The average Bonchev–Trinajstić information content (AvgIpc) is 3.15. The molecule has 0 atom stereocenters. The lowest BCUT2D eigenvalue weighted by molar-refractivity contribution is -0.385. The number of rotatable bonds is 4. The molecule has 0 saturated carbocycles. The number of fused-ring (bicyclic) bond motifs is 1. The highest BCUT2D eigenvalue weighted by Gasteiger charge is 2.19. The monoisotopic (exact) mass is 390 g/mol. The molecular weight excluding hydrogens is 376 g/mol. The van der Waals surface area contributed by atoms with Crippen LogP contribution in [-0.4, -0.2) is 30.3 Å². The van der Waals surface area contributed by atoms with Crippen molar-refractivity contribution < 1.29 is 9.72 Å². The molecule has 4 rings (SSSR count). The normalized spacial score (nSPS) is 10.8. The van der Waals surface area contributed by atoms with Gasteiger partial charge in [-0.1, -0.05) is 24.3 Å². The molecule has 0 bridgehead atoms. The number of amides is 1. The highest BCUT2D eigenvalue weighted by molar-refractivity contribution is 6.02. The van der Waals surface area contributed by atoms with Crippen LogP contribution in [0.5, 0.6) is 0 Å². The van der Waals surface area contributed by atoms with Crippen LogP contribution in [0.2, 0.25) is 0 Å². The van der Waals surface area contributed by atoms with Crippen LogP contribution in [0.25, 0.3) is 16.7 Å². The Morgan fingerprint density at radius 1 is 1.14 bits per heavy atom. The van der Waals surface area contributed by atoms with Gasteiger partial charge in [-0.25, -0.2) is 14.3 Å². The van der Waals surface area contributed by atoms with Crippen LogP contribution in [0.3, 0.4) is 0 Å². The van der Waals surface area contributed by atoms with E-state index in [1.165, 1.54) is 42.3 Å². The lowest BCUT2D eigenvalue weighted by atomic mass is 10.1. The summed E-state index contributed by atoms with van der Waals surface area (Å²) in [6.07, 6.45) is 2.55. The maximum atomic E-state index is 12.7. The van der Waals surface area contributed by atoms with Crippen LogP contribution in [0.4, 0.5) is 5.69 Å². The second-order valence-electron chi connectivity index (χ2n) is 6.20. The minimum Gasteiger partial charge on any atom is -0.267 e. The molecule has 1 amide bonds. The Hall–Kier alpha value is -4.34. The molecule has 2 aromatic carbocycles. The smallest absolute Gasteiger partial charge is 0.267 e. The van der Waals surface area contributed by atoms with Gasteiger partial charge in [0.05, 0.1) is 22.4 Å². The van der Waals surface area contributed by atoms with E-state index in [1.54, 1.807) is 0 Å². The molecule has 0 aliphatic carbocycles. The summed E-state index contributed by atoms with van der Waals surface area (Å²) in [5, 5.41) is 15.5. The number of nitro benzene ring substituents is 1. The number of carbonyl (C=O) groups excluding carboxylic acids is 1. The largest absolute Gasteiger partial charge is 0.283 e. The van der Waals surface area contributed by atoms with Crippen LogP contribution in [0.15, 0.2) is 65.8 Å². The lowest BCUT2D eigenvalue weighted by Gasteiger charge is -2.10. The quantitative estimate of drug-likeness (QED) is 0.421. The van der Waals surface area contributed by atoms with Crippen molar-refractivity contribution in [2.75, 3.05) is 5.43 Å². The number of hydrogen-bond donors (Lipinski definition) is 1. The van der Waals surface area contributed by atoms with E-state index in [9.17, 15) is 19.7 Å². The van der Waals surface area contributed by atoms with Crippen molar-refractivity contribution in [2.45, 2.75) is 6.92 Å². The van der Waals surface area contributed by atoms with Crippen LogP contribution in [0, 0.1) is 17.0 Å². The minimum atomic E-state index is -0.662. The van der Waals surface area contributed by atoms with E-state index in [4.69, 9.17) is 0 Å². The molecule has 0 aliphatic heterocycles. The fourth-order valence-electron chi connectivity index (χ4n) is 2.99. The third kappa shape index (κ3) is 3.12. The zero-order chi connectivity index (χ0) is 20.5. The summed E-state index contributed by atoms with van der Waals surface area (Å²) in [6, 6.07) is 13.4. The number of nitro groups is 1. The van der Waals surface area contributed by atoms with Gasteiger partial charge < -0.3 is 0 Å². The Balaban J connectivity index is 1.70. The van der Waals surface area contributed by atoms with Crippen molar-refractivity contribution in [3.05, 3.63) is 92.7 Å². The van der Waals surface area contributed by atoms with Gasteiger partial charge in [0.15, 0.2) is 5.65 Å². The van der Waals surface area contributed by atoms with Crippen molar-refractivity contribution in [3.8, 4) is 5.69 Å². The van der Waals surface area contributed by atoms with Gasteiger partial charge in [-0.15, -0.1) is 0 Å². The van der Waals surface area contributed by atoms with Gasteiger partial charge in [-0.05, 0) is 25.1 Å². The Bertz CT molecular complexity index is 1310. The summed E-state index contributed by atoms with van der Waals surface area (Å²) in [5.41, 5.74) is 3.10. The standard InChI is InChI=1S/C19H14N6O4/c1-12-14(8-5-9-16(12)25(28)29)18(26)22-23-11-20-17-15(19(23)27)10-21-24(17)13-6-3-2-4-7-13/h2-11H,1H3,(H,22,26). The van der Waals surface area contributed by atoms with Crippen molar-refractivity contribution in [1.82, 2.24) is 19.4 Å². The van der Waals surface area contributed by atoms with E-state index in [0.29, 0.717) is 5.65 Å². The van der Waals surface area contributed by atoms with Crippen LogP contribution in [-0.2, 0) is 0 Å². The van der Waals surface area contributed by atoms with Crippen LogP contribution >= 0.6 is 0 Å². The first-order valence-corrected chi connectivity index (χ1v) is 8.53. The fourth-order valence-corrected chi connectivity index (χ4v) is 2.99. The number of nitrogens with one attached hydrogen (secondary N) is 1. The van der Waals surface area contributed by atoms with E-state index >= 15 is 0 Å². The first-order chi connectivity index (χ1) is 14.0. The molecule has 0 spiro atoms. The average molecular weight is 390 g/mol. The van der Waals surface area contributed by atoms with Crippen molar-refractivity contribution in [2.24, 2.45) is 0 Å². The molecular formula is C19H14N6O4. The summed E-state index contributed by atoms with van der Waals surface area (Å²) in [7, 11) is 0. The van der Waals surface area contributed by atoms with Crippen molar-refractivity contribution in [1.29, 1.82) is 0 Å². The maximum Gasteiger partial charge on any atom is 0.283 e. The predicted molar refractivity (Wildman–Crippen MR) is 105 cm³/mol. The molecule has 4 aromatic rings. The van der Waals surface area contributed by atoms with Crippen molar-refractivity contribution >= 4 is 22.6 Å². The highest BCUT2D eigenvalue weighted by Crippen LogP contribution is 2.21. The number of para-hydroxylation sites is 1. The summed E-state index contributed by atoms with van der Waals surface area (Å²) in [4.78, 5) is 40.1. The summed E-state index contributed by atoms with van der Waals surface area (Å²) >= 11 is 0. The Labute approximate surface area is 163 Å². The van der Waals surface area contributed by atoms with E-state index in [1.807, 2.05) is 30.3 Å². The molecule has 2 aromatic heterocycles. The van der Waals surface area contributed by atoms with E-state index in [2.05, 4.69) is 15.5 Å². The van der Waals surface area contributed by atoms with Gasteiger partial charge >= 0.3 is 0 Å². The van der Waals surface area contributed by atoms with Crippen LogP contribution in [0.1, 0.15) is 15.9 Å². The Kier molecular flexibility index (Phi) is 4.36. The molecule has 0 fully saturated rings. The number of benzene rings is 2. The Morgan fingerprint density at radius 3 is 2.62 bits per heavy atom. The highest BCUT2D eigenvalue weighted by atomic mass is 16.6. The van der Waals surface area contributed by atoms with Crippen molar-refractivity contribution in [3.63, 3.8) is 0 Å². The molecule has 0 aliphatic rings. The summed E-state index contributed by atoms with van der Waals surface area (Å²) < 4.78 is 2.45. The third-order valence-electron chi connectivity index (χ3n) is 4.46. The molecule has 29 heavy (non-hydrogen) atoms. The van der Waals surface area contributed by atoms with Gasteiger partial charge in [-0.3, -0.25) is 25.1 Å². The van der Waals surface area contributed by atoms with E-state index < -0.39 is 16.4 Å². The molecule has 10 heteroatoms. The van der Waals surface area contributed by atoms with Gasteiger partial charge in [0.25, 0.3) is 17.2 Å². The zero-order valence-corrected chi connectivity index (χ0v) is 15.1. The molecule has 144 valence electrons. The second-order valence-corrected chi connectivity index (χ2v) is 6.20. The van der Waals surface area contributed by atoms with Gasteiger partial charge in [0.2, 0.25) is 0 Å². The zero-order valence-electron chi connectivity index (χ0n) is 15.1. The van der Waals surface area contributed by atoms with Gasteiger partial charge in [0, 0.05) is 11.6 Å². The minimum absolute atomic E-state index is 0.0891. The van der Waals surface area contributed by atoms with Crippen LogP contribution < -0.4 is 11.0 Å². The number of aromatic nitrogens is 4. The molecule has 0 saturated heterocycles. The molecule has 1 N–H and O–H groups in total. The second kappa shape index (κ2) is 7.00. The first-order valence-electron chi connectivity index (χ1n) is 8.53. The predicted octanol–water partition coefficient (Wildman–Crippen LogP) is 2.18. The summed E-state index contributed by atoms with van der Waals surface area (Å²) in [6.45, 7) is 1.47. The molecule has 0 radical (unpaired) electrons. The summed E-state index contributed by atoms with van der Waals surface area (Å²) in [5.74, 6) is -0.662. The van der Waals surface area contributed by atoms with E-state index in [-0.39, 0.29) is 22.2 Å². The van der Waals surface area contributed by atoms with E-state index in [0.717, 1.165) is 10.4 Å². The topological polar surface area (TPSA) is 125 Å². The molecule has 2 heterocycles. The number of nitrogens with zero attached hydrogens (tertiary/aromatic N) is 5. The van der Waals surface area contributed by atoms with Gasteiger partial charge in [0.1, 0.15) is 11.7 Å². The molecule has 0 unspecified atom stereocenters. The molecule has 10 nitrogen and oxygen atoms in total. The SMILES string of the molecule is Cc1c(C(=O)Nn2cnc3c(cnn3-c3ccccc3)c2=O)cccc1[N+](=O)[O-]. The maximum absolute atomic E-state index is 12.7. The third-order valence-corrected chi connectivity index (χ3v) is 4.46. The first kappa shape index (κ1) is 18.0. The van der Waals surface area contributed by atoms with Gasteiger partial charge in [-0.2, -0.15) is 5.10 Å². The fraction of sp³-hybridized carbons (Fsp3) is 0.0526. The lowest BCUT2D eigenvalue weighted by Crippen LogP contribution is -2.33. The Morgan fingerprint density at radius 2 is 1.90 bits per heavy atom. The number of hydrogen-bond acceptors (Lipinski definition) is 6.